The summed E-state index contributed by atoms with van der Waals surface area (Å²) in [5, 5.41) is 0. The Hall–Kier alpha value is -1.10. The average Bonchev–Trinajstić information content (AvgIpc) is 2.18. The molecule has 90 valence electrons. The Morgan fingerprint density at radius 3 is 2.00 bits per heavy atom. The monoisotopic (exact) mass is 220 g/mol. The molecule has 0 N–H and O–H groups in total. The summed E-state index contributed by atoms with van der Waals surface area (Å²) in [6.45, 7) is 6.65. The highest BCUT2D eigenvalue weighted by Gasteiger charge is 1.96. The molecule has 0 saturated carbocycles. The molecule has 0 aliphatic carbocycles. The van der Waals surface area contributed by atoms with Gasteiger partial charge in [-0.05, 0) is 13.8 Å². The van der Waals surface area contributed by atoms with Crippen molar-refractivity contribution in [3.63, 3.8) is 0 Å². The molecule has 0 unspecified atom stereocenters. The molecule has 0 aromatic heterocycles. The van der Waals surface area contributed by atoms with E-state index < -0.39 is 0 Å². The molecule has 0 fully saturated rings. The van der Waals surface area contributed by atoms with Crippen LogP contribution < -0.4 is 0 Å². The standard InChI is InChI=1S/C6H12O3.C4H8O2/c1-3-9-5-4-6(7)8-2;1-3-6-4(2)5/h3-5H2,1-2H3;3H2,1-2H3. The van der Waals surface area contributed by atoms with Gasteiger partial charge >= 0.3 is 11.9 Å². The van der Waals surface area contributed by atoms with Crippen molar-refractivity contribution in [3.8, 4) is 0 Å². The summed E-state index contributed by atoms with van der Waals surface area (Å²) >= 11 is 0. The van der Waals surface area contributed by atoms with Crippen LogP contribution in [0.4, 0.5) is 0 Å². The Morgan fingerprint density at radius 2 is 1.73 bits per heavy atom. The number of hydrogen-bond acceptors (Lipinski definition) is 5. The van der Waals surface area contributed by atoms with Crippen LogP contribution in [0.3, 0.4) is 0 Å². The van der Waals surface area contributed by atoms with E-state index in [9.17, 15) is 9.59 Å². The van der Waals surface area contributed by atoms with E-state index >= 15 is 0 Å². The second-order valence-corrected chi connectivity index (χ2v) is 2.45. The molecule has 0 rings (SSSR count). The quantitative estimate of drug-likeness (QED) is 0.514. The van der Waals surface area contributed by atoms with Gasteiger partial charge in [-0.1, -0.05) is 0 Å². The molecular formula is C10H20O5. The van der Waals surface area contributed by atoms with Crippen molar-refractivity contribution in [1.29, 1.82) is 0 Å². The van der Waals surface area contributed by atoms with E-state index in [1.54, 1.807) is 6.92 Å². The minimum absolute atomic E-state index is 0.211. The Morgan fingerprint density at radius 1 is 1.13 bits per heavy atom. The van der Waals surface area contributed by atoms with Crippen LogP contribution in [0.1, 0.15) is 27.2 Å². The Labute approximate surface area is 90.7 Å². The van der Waals surface area contributed by atoms with E-state index in [0.29, 0.717) is 26.2 Å². The fourth-order valence-electron chi connectivity index (χ4n) is 0.605. The van der Waals surface area contributed by atoms with Crippen LogP contribution in [0.15, 0.2) is 0 Å². The molecule has 0 spiro atoms. The van der Waals surface area contributed by atoms with Gasteiger partial charge in [0, 0.05) is 13.5 Å². The van der Waals surface area contributed by atoms with Crippen molar-refractivity contribution in [2.24, 2.45) is 0 Å². The average molecular weight is 220 g/mol. The first-order valence-corrected chi connectivity index (χ1v) is 4.86. The predicted octanol–water partition coefficient (Wildman–Crippen LogP) is 1.16. The van der Waals surface area contributed by atoms with Crippen LogP contribution in [-0.2, 0) is 23.8 Å². The molecule has 5 nitrogen and oxygen atoms in total. The third kappa shape index (κ3) is 19.3. The molecule has 0 aliphatic rings. The molecule has 0 bridgehead atoms. The van der Waals surface area contributed by atoms with Gasteiger partial charge < -0.3 is 14.2 Å². The molecule has 0 saturated heterocycles. The minimum Gasteiger partial charge on any atom is -0.469 e. The van der Waals surface area contributed by atoms with Gasteiger partial charge in [0.1, 0.15) is 0 Å². The first kappa shape index (κ1) is 16.3. The third-order valence-electron chi connectivity index (χ3n) is 1.23. The van der Waals surface area contributed by atoms with Crippen molar-refractivity contribution in [2.75, 3.05) is 26.9 Å². The van der Waals surface area contributed by atoms with Gasteiger partial charge in [-0.15, -0.1) is 0 Å². The fourth-order valence-corrected chi connectivity index (χ4v) is 0.605. The maximum Gasteiger partial charge on any atom is 0.307 e. The van der Waals surface area contributed by atoms with Crippen LogP contribution in [0.2, 0.25) is 0 Å². The second kappa shape index (κ2) is 12.9. The topological polar surface area (TPSA) is 61.8 Å². The maximum atomic E-state index is 10.4. The molecular weight excluding hydrogens is 200 g/mol. The molecule has 0 aliphatic heterocycles. The first-order valence-electron chi connectivity index (χ1n) is 4.86. The lowest BCUT2D eigenvalue weighted by Gasteiger charge is -1.97. The number of rotatable bonds is 5. The van der Waals surface area contributed by atoms with Gasteiger partial charge in [0.05, 0.1) is 26.7 Å². The van der Waals surface area contributed by atoms with Crippen LogP contribution in [0.5, 0.6) is 0 Å². The molecule has 15 heavy (non-hydrogen) atoms. The van der Waals surface area contributed by atoms with Gasteiger partial charge in [-0.2, -0.15) is 0 Å². The minimum atomic E-state index is -0.219. The second-order valence-electron chi connectivity index (χ2n) is 2.45. The zero-order chi connectivity index (χ0) is 12.1. The van der Waals surface area contributed by atoms with Crippen LogP contribution in [0.25, 0.3) is 0 Å². The van der Waals surface area contributed by atoms with Crippen molar-refractivity contribution in [2.45, 2.75) is 27.2 Å². The highest BCUT2D eigenvalue weighted by molar-refractivity contribution is 5.69. The zero-order valence-electron chi connectivity index (χ0n) is 9.87. The van der Waals surface area contributed by atoms with Gasteiger partial charge in [0.15, 0.2) is 0 Å². The fraction of sp³-hybridized carbons (Fsp3) is 0.800. The van der Waals surface area contributed by atoms with E-state index in [1.807, 2.05) is 6.92 Å². The summed E-state index contributed by atoms with van der Waals surface area (Å²) in [5.41, 5.74) is 0. The molecule has 0 radical (unpaired) electrons. The highest BCUT2D eigenvalue weighted by Crippen LogP contribution is 1.84. The Balaban J connectivity index is 0. The number of esters is 2. The molecule has 0 atom stereocenters. The third-order valence-corrected chi connectivity index (χ3v) is 1.23. The molecule has 0 aromatic carbocycles. The van der Waals surface area contributed by atoms with E-state index in [2.05, 4.69) is 9.47 Å². The van der Waals surface area contributed by atoms with Crippen molar-refractivity contribution < 1.29 is 23.8 Å². The van der Waals surface area contributed by atoms with E-state index in [4.69, 9.17) is 4.74 Å². The number of ether oxygens (including phenoxy) is 3. The summed E-state index contributed by atoms with van der Waals surface area (Å²) in [5.74, 6) is -0.430. The van der Waals surface area contributed by atoms with E-state index in [-0.39, 0.29) is 11.9 Å². The smallest absolute Gasteiger partial charge is 0.307 e. The summed E-state index contributed by atoms with van der Waals surface area (Å²) in [6.07, 6.45) is 0.352. The number of carbonyl (C=O) groups excluding carboxylic acids is 2. The van der Waals surface area contributed by atoms with Crippen LogP contribution in [0, 0.1) is 0 Å². The lowest BCUT2D eigenvalue weighted by atomic mass is 10.5. The lowest BCUT2D eigenvalue weighted by Crippen LogP contribution is -2.05. The summed E-state index contributed by atoms with van der Waals surface area (Å²) in [4.78, 5) is 20.2. The summed E-state index contributed by atoms with van der Waals surface area (Å²) < 4.78 is 13.7. The van der Waals surface area contributed by atoms with Crippen molar-refractivity contribution in [1.82, 2.24) is 0 Å². The molecule has 0 aromatic rings. The zero-order valence-corrected chi connectivity index (χ0v) is 9.87. The van der Waals surface area contributed by atoms with Crippen molar-refractivity contribution >= 4 is 11.9 Å². The maximum absolute atomic E-state index is 10.4. The lowest BCUT2D eigenvalue weighted by molar-refractivity contribution is -0.142. The number of methoxy groups -OCH3 is 1. The number of hydrogen-bond donors (Lipinski definition) is 0. The predicted molar refractivity (Wildman–Crippen MR) is 55.4 cm³/mol. The van der Waals surface area contributed by atoms with Crippen LogP contribution >= 0.6 is 0 Å². The van der Waals surface area contributed by atoms with Crippen molar-refractivity contribution in [3.05, 3.63) is 0 Å². The summed E-state index contributed by atoms with van der Waals surface area (Å²) in [6, 6.07) is 0. The van der Waals surface area contributed by atoms with Gasteiger partial charge in [0.2, 0.25) is 0 Å². The van der Waals surface area contributed by atoms with E-state index in [0.717, 1.165) is 0 Å². The Kier molecular flexibility index (Phi) is 14.0. The largest absolute Gasteiger partial charge is 0.469 e. The normalized spacial score (nSPS) is 8.53. The molecule has 5 heteroatoms. The summed E-state index contributed by atoms with van der Waals surface area (Å²) in [7, 11) is 1.37. The van der Waals surface area contributed by atoms with Gasteiger partial charge in [0.25, 0.3) is 0 Å². The highest BCUT2D eigenvalue weighted by atomic mass is 16.5. The SMILES string of the molecule is CCOC(C)=O.CCOCCC(=O)OC. The number of carbonyl (C=O) groups is 2. The first-order chi connectivity index (χ1) is 7.08. The van der Waals surface area contributed by atoms with Gasteiger partial charge in [-0.25, -0.2) is 0 Å². The van der Waals surface area contributed by atoms with E-state index in [1.165, 1.54) is 14.0 Å². The molecule has 0 amide bonds. The molecule has 0 heterocycles. The Bertz CT molecular complexity index is 167. The van der Waals surface area contributed by atoms with Crippen LogP contribution in [-0.4, -0.2) is 38.9 Å². The van der Waals surface area contributed by atoms with Gasteiger partial charge in [-0.3, -0.25) is 9.59 Å².